The Hall–Kier alpha value is -1.19. The first-order valence-corrected chi connectivity index (χ1v) is 6.62. The zero-order chi connectivity index (χ0) is 13.1. The molecule has 1 aromatic rings. The monoisotopic (exact) mass is 274 g/mol. The lowest BCUT2D eigenvalue weighted by Crippen LogP contribution is -2.04. The first-order valence-electron chi connectivity index (χ1n) is 4.68. The molecule has 0 bridgehead atoms. The summed E-state index contributed by atoms with van der Waals surface area (Å²) in [4.78, 5) is 0. The summed E-state index contributed by atoms with van der Waals surface area (Å²) in [5, 5.41) is 0. The molecule has 0 fully saturated rings. The molecule has 0 aliphatic heterocycles. The molecule has 0 unspecified atom stereocenters. The first kappa shape index (κ1) is 13.9. The van der Waals surface area contributed by atoms with Gasteiger partial charge >= 0.3 is 10.5 Å². The van der Waals surface area contributed by atoms with E-state index in [1.807, 2.05) is 0 Å². The van der Waals surface area contributed by atoms with Crippen LogP contribution in [0.2, 0.25) is 0 Å². The molecule has 1 aromatic carbocycles. The van der Waals surface area contributed by atoms with E-state index in [-0.39, 0.29) is 5.75 Å². The minimum Gasteiger partial charge on any atom is -0.358 e. The van der Waals surface area contributed by atoms with Crippen molar-refractivity contribution in [3.63, 3.8) is 0 Å². The fraction of sp³-hybridized carbons (Fsp3) is 0.273. The third kappa shape index (κ3) is 3.95. The number of terminal acetylenes is 1. The molecule has 0 aliphatic carbocycles. The Morgan fingerprint density at radius 2 is 2.18 bits per heavy atom. The van der Waals surface area contributed by atoms with E-state index in [0.717, 1.165) is 5.56 Å². The number of thiol groups is 1. The molecule has 0 heterocycles. The van der Waals surface area contributed by atoms with Gasteiger partial charge < -0.3 is 4.18 Å². The lowest BCUT2D eigenvalue weighted by Gasteiger charge is -2.10. The van der Waals surface area contributed by atoms with Crippen LogP contribution in [-0.2, 0) is 22.7 Å². The predicted octanol–water partition coefficient (Wildman–Crippen LogP) is 2.19. The quantitative estimate of drug-likeness (QED) is 0.520. The van der Waals surface area contributed by atoms with E-state index < -0.39 is 10.5 Å². The summed E-state index contributed by atoms with van der Waals surface area (Å²) in [5.74, 6) is 2.75. The van der Waals surface area contributed by atoms with Gasteiger partial charge in [-0.2, -0.15) is 21.0 Å². The van der Waals surface area contributed by atoms with E-state index in [1.54, 1.807) is 13.0 Å². The van der Waals surface area contributed by atoms with Crippen molar-refractivity contribution in [2.24, 2.45) is 0 Å². The average molecular weight is 274 g/mol. The zero-order valence-corrected chi connectivity index (χ0v) is 10.8. The smallest absolute Gasteiger partial charge is 0.358 e. The van der Waals surface area contributed by atoms with E-state index in [9.17, 15) is 12.3 Å². The number of benzene rings is 1. The molecule has 6 heteroatoms. The number of halogens is 1. The minimum atomic E-state index is -5.03. The van der Waals surface area contributed by atoms with Gasteiger partial charge in [0.25, 0.3) is 0 Å². The van der Waals surface area contributed by atoms with Crippen LogP contribution in [0.1, 0.15) is 16.7 Å². The number of hydrogen-bond acceptors (Lipinski definition) is 4. The Labute approximate surface area is 106 Å². The van der Waals surface area contributed by atoms with Gasteiger partial charge in [-0.15, -0.1) is 12.3 Å². The summed E-state index contributed by atoms with van der Waals surface area (Å²) < 4.78 is 37.7. The van der Waals surface area contributed by atoms with Gasteiger partial charge in [0.05, 0.1) is 0 Å². The van der Waals surface area contributed by atoms with Crippen LogP contribution < -0.4 is 4.18 Å². The summed E-state index contributed by atoms with van der Waals surface area (Å²) in [6.07, 6.45) is 5.47. The highest BCUT2D eigenvalue weighted by Crippen LogP contribution is 2.27. The van der Waals surface area contributed by atoms with Gasteiger partial charge in [-0.1, -0.05) is 9.95 Å². The van der Waals surface area contributed by atoms with Gasteiger partial charge in [0.2, 0.25) is 0 Å². The Balaban J connectivity index is 3.28. The summed E-state index contributed by atoms with van der Waals surface area (Å²) >= 11 is 4.10. The predicted molar refractivity (Wildman–Crippen MR) is 67.1 cm³/mol. The van der Waals surface area contributed by atoms with Crippen molar-refractivity contribution < 1.29 is 16.5 Å². The van der Waals surface area contributed by atoms with Crippen molar-refractivity contribution >= 4 is 23.1 Å². The molecule has 0 N–H and O–H groups in total. The molecular weight excluding hydrogens is 263 g/mol. The lowest BCUT2D eigenvalue weighted by atomic mass is 10.0. The minimum absolute atomic E-state index is 0.0516. The summed E-state index contributed by atoms with van der Waals surface area (Å²) in [6.45, 7) is 1.63. The maximum Gasteiger partial charge on any atom is 0.488 e. The normalized spacial score (nSPS) is 10.9. The second kappa shape index (κ2) is 5.43. The fourth-order valence-electron chi connectivity index (χ4n) is 1.39. The maximum atomic E-state index is 12.5. The summed E-state index contributed by atoms with van der Waals surface area (Å²) in [6, 6.07) is 3.21. The van der Waals surface area contributed by atoms with Crippen molar-refractivity contribution in [2.45, 2.75) is 19.1 Å². The molecule has 0 aromatic heterocycles. The number of hydrogen-bond donors (Lipinski definition) is 1. The van der Waals surface area contributed by atoms with E-state index in [1.165, 1.54) is 6.07 Å². The van der Waals surface area contributed by atoms with Crippen molar-refractivity contribution in [1.29, 1.82) is 0 Å². The second-order valence-corrected chi connectivity index (χ2v) is 4.66. The molecule has 0 amide bonds. The molecule has 0 spiro atoms. The molecule has 1 rings (SSSR count). The Kier molecular flexibility index (Phi) is 4.43. The standard InChI is InChI=1S/C11H11FO3S2/c1-3-4-9-5-10(7-16)8(2)11(6-9)15-17(12,13)14/h1,5-6,16H,4,7H2,2H3. The molecule has 17 heavy (non-hydrogen) atoms. The van der Waals surface area contributed by atoms with E-state index in [0.29, 0.717) is 23.3 Å². The van der Waals surface area contributed by atoms with E-state index in [4.69, 9.17) is 6.42 Å². The van der Waals surface area contributed by atoms with Crippen LogP contribution in [0, 0.1) is 19.3 Å². The van der Waals surface area contributed by atoms with Crippen LogP contribution in [0.25, 0.3) is 0 Å². The summed E-state index contributed by atoms with van der Waals surface area (Å²) in [5.41, 5.74) is 1.96. The van der Waals surface area contributed by atoms with Gasteiger partial charge in [0, 0.05) is 12.2 Å². The average Bonchev–Trinajstić information content (AvgIpc) is 2.21. The van der Waals surface area contributed by atoms with Crippen molar-refractivity contribution in [1.82, 2.24) is 0 Å². The molecule has 0 aliphatic rings. The lowest BCUT2D eigenvalue weighted by molar-refractivity contribution is 0.438. The largest absolute Gasteiger partial charge is 0.488 e. The van der Waals surface area contributed by atoms with E-state index >= 15 is 0 Å². The third-order valence-electron chi connectivity index (χ3n) is 2.19. The third-order valence-corrected chi connectivity index (χ3v) is 2.91. The van der Waals surface area contributed by atoms with Crippen molar-refractivity contribution in [3.8, 4) is 18.1 Å². The van der Waals surface area contributed by atoms with Gasteiger partial charge in [-0.05, 0) is 29.7 Å². The van der Waals surface area contributed by atoms with Crippen LogP contribution in [0.3, 0.4) is 0 Å². The van der Waals surface area contributed by atoms with Crippen LogP contribution in [-0.4, -0.2) is 8.42 Å². The first-order chi connectivity index (χ1) is 7.87. The van der Waals surface area contributed by atoms with E-state index in [2.05, 4.69) is 22.7 Å². The Bertz CT molecular complexity index is 559. The van der Waals surface area contributed by atoms with Crippen LogP contribution >= 0.6 is 12.6 Å². The Morgan fingerprint density at radius 3 is 2.65 bits per heavy atom. The fourth-order valence-corrected chi connectivity index (χ4v) is 2.10. The van der Waals surface area contributed by atoms with Gasteiger partial charge in [-0.25, -0.2) is 0 Å². The molecule has 3 nitrogen and oxygen atoms in total. The van der Waals surface area contributed by atoms with Crippen LogP contribution in [0.5, 0.6) is 5.75 Å². The van der Waals surface area contributed by atoms with Crippen LogP contribution in [0.15, 0.2) is 12.1 Å². The molecule has 0 saturated heterocycles. The van der Waals surface area contributed by atoms with Gasteiger partial charge in [0.15, 0.2) is 0 Å². The molecule has 0 saturated carbocycles. The SMILES string of the molecule is C#CCc1cc(CS)c(C)c(OS(=O)(=O)F)c1. The van der Waals surface area contributed by atoms with Crippen molar-refractivity contribution in [3.05, 3.63) is 28.8 Å². The van der Waals surface area contributed by atoms with Crippen LogP contribution in [0.4, 0.5) is 3.89 Å². The van der Waals surface area contributed by atoms with Crippen molar-refractivity contribution in [2.75, 3.05) is 0 Å². The van der Waals surface area contributed by atoms with Gasteiger partial charge in [-0.3, -0.25) is 0 Å². The van der Waals surface area contributed by atoms with Gasteiger partial charge in [0.1, 0.15) is 5.75 Å². The highest BCUT2D eigenvalue weighted by atomic mass is 32.3. The Morgan fingerprint density at radius 1 is 1.53 bits per heavy atom. The highest BCUT2D eigenvalue weighted by Gasteiger charge is 2.14. The molecular formula is C11H11FO3S2. The zero-order valence-electron chi connectivity index (χ0n) is 9.10. The second-order valence-electron chi connectivity index (χ2n) is 3.39. The molecule has 0 atom stereocenters. The maximum absolute atomic E-state index is 12.5. The highest BCUT2D eigenvalue weighted by molar-refractivity contribution is 7.81. The molecule has 0 radical (unpaired) electrons. The summed E-state index contributed by atoms with van der Waals surface area (Å²) in [7, 11) is -5.03. The number of rotatable bonds is 4. The molecule has 92 valence electrons. The topological polar surface area (TPSA) is 43.4 Å².